The van der Waals surface area contributed by atoms with Crippen molar-refractivity contribution in [1.29, 1.82) is 0 Å². The molecule has 0 radical (unpaired) electrons. The number of fused-ring (bicyclic) bond motifs is 14. The van der Waals surface area contributed by atoms with Crippen LogP contribution in [0.1, 0.15) is 142 Å². The number of methoxy groups -OCH3 is 2. The number of hydrogen-bond acceptors (Lipinski definition) is 26. The van der Waals surface area contributed by atoms with Gasteiger partial charge in [0.1, 0.15) is 59.9 Å². The number of anilines is 2. The number of halogens is 2. The molecule has 9 aliphatic heterocycles. The fourth-order valence-corrected chi connectivity index (χ4v) is 20.1. The molecule has 9 aliphatic rings. The number of epoxide rings is 2. The number of amides is 12. The third-order valence-electron chi connectivity index (χ3n) is 25.0. The van der Waals surface area contributed by atoms with E-state index in [1.54, 1.807) is 78.0 Å². The maximum atomic E-state index is 15.2. The van der Waals surface area contributed by atoms with Crippen LogP contribution in [0.5, 0.6) is 0 Å². The number of nitrogens with one attached hydrogen (secondary N) is 2. The zero-order valence-electron chi connectivity index (χ0n) is 71.9. The summed E-state index contributed by atoms with van der Waals surface area (Å²) in [6.07, 6.45) is -4.45. The minimum absolute atomic E-state index is 0.134. The summed E-state index contributed by atoms with van der Waals surface area (Å²) in [6.45, 7) is 14.2. The molecule has 2 aromatic carbocycles. The van der Waals surface area contributed by atoms with Gasteiger partial charge in [-0.2, -0.15) is 0 Å². The minimum atomic E-state index is -1.99. The molecule has 2 aromatic rings. The van der Waals surface area contributed by atoms with Crippen LogP contribution < -0.4 is 20.4 Å². The largest absolute Gasteiger partial charge is 0.457 e. The topological polar surface area (TPSA) is 410 Å². The Morgan fingerprint density at radius 1 is 0.569 bits per heavy atom. The number of ether oxygens (including phenoxy) is 8. The second kappa shape index (κ2) is 38.5. The van der Waals surface area contributed by atoms with Gasteiger partial charge >= 0.3 is 24.1 Å². The summed E-state index contributed by atoms with van der Waals surface area (Å²) in [4.78, 5) is 208. The average Bonchev–Trinajstić information content (AvgIpc) is 1.57. The Morgan fingerprint density at radius 2 is 0.935 bits per heavy atom. The summed E-state index contributed by atoms with van der Waals surface area (Å²) >= 11 is 16.1. The summed E-state index contributed by atoms with van der Waals surface area (Å²) in [5.41, 5.74) is -1.70. The van der Waals surface area contributed by atoms with E-state index in [9.17, 15) is 67.7 Å². The number of nitrogens with zero attached hydrogens (tertiary/aromatic N) is 8. The first kappa shape index (κ1) is 94.7. The number of allylic oxidation sites excluding steroid dienone is 6. The zero-order valence-corrected chi connectivity index (χ0v) is 75.0. The summed E-state index contributed by atoms with van der Waals surface area (Å²) in [5, 5.41) is 29.8. The molecule has 7 fully saturated rings. The average molecular weight is 1790 g/mol. The van der Waals surface area contributed by atoms with Crippen LogP contribution in [0.2, 0.25) is 10.0 Å². The van der Waals surface area contributed by atoms with E-state index in [1.807, 2.05) is 38.1 Å². The molecule has 4 unspecified atom stereocenters. The molecule has 12 bridgehead atoms. The van der Waals surface area contributed by atoms with Crippen LogP contribution >= 0.6 is 46.7 Å². The first-order valence-corrected chi connectivity index (χ1v) is 43.8. The van der Waals surface area contributed by atoms with Gasteiger partial charge in [0.25, 0.3) is 0 Å². The van der Waals surface area contributed by atoms with E-state index in [1.165, 1.54) is 66.1 Å². The van der Waals surface area contributed by atoms with Crippen LogP contribution in [-0.2, 0) is 108 Å². The van der Waals surface area contributed by atoms with Gasteiger partial charge in [0, 0.05) is 124 Å². The number of carbonyl (C=O) groups excluding carboxylic acids is 14. The van der Waals surface area contributed by atoms with Crippen LogP contribution in [0.25, 0.3) is 0 Å². The lowest BCUT2D eigenvalue weighted by Crippen LogP contribution is -2.63. The molecular weight excluding hydrogens is 1680 g/mol. The number of benzene rings is 2. The molecule has 0 spiro atoms. The molecule has 18 atom stereocenters. The predicted molar refractivity (Wildman–Crippen MR) is 450 cm³/mol. The van der Waals surface area contributed by atoms with Gasteiger partial charge in [-0.1, -0.05) is 96.8 Å². The van der Waals surface area contributed by atoms with Crippen LogP contribution in [0, 0.1) is 25.7 Å². The van der Waals surface area contributed by atoms with E-state index in [-0.39, 0.29) is 40.8 Å². The van der Waals surface area contributed by atoms with Crippen molar-refractivity contribution in [2.45, 2.75) is 240 Å². The summed E-state index contributed by atoms with van der Waals surface area (Å²) in [5.74, 6) is -10.9. The number of likely N-dealkylation sites (N-methyl/N-ethyl adjacent to an activating group) is 2. The van der Waals surface area contributed by atoms with E-state index >= 15 is 9.59 Å². The molecule has 4 N–H and O–H groups in total. The summed E-state index contributed by atoms with van der Waals surface area (Å²) in [6, 6.07) is 4.28. The van der Waals surface area contributed by atoms with E-state index in [0.717, 1.165) is 75.4 Å². The number of carbonyl (C=O) groups is 14. The van der Waals surface area contributed by atoms with Crippen LogP contribution in [-0.4, -0.2) is 291 Å². The highest BCUT2D eigenvalue weighted by molar-refractivity contribution is 8.17. The fourth-order valence-electron chi connectivity index (χ4n) is 16.9. The first-order chi connectivity index (χ1) is 57.8. The first-order valence-electron chi connectivity index (χ1n) is 40.9. The Hall–Kier alpha value is -8.98. The van der Waals surface area contributed by atoms with E-state index in [0.29, 0.717) is 35.3 Å². The van der Waals surface area contributed by atoms with Crippen molar-refractivity contribution in [3.05, 3.63) is 104 Å². The molecule has 0 saturated carbocycles. The number of alkyl carbamates (subject to hydrolysis) is 2. The molecule has 123 heavy (non-hydrogen) atoms. The van der Waals surface area contributed by atoms with E-state index in [2.05, 4.69) is 10.6 Å². The van der Waals surface area contributed by atoms with Gasteiger partial charge in [-0.05, 0) is 103 Å². The smallest absolute Gasteiger partial charge is 0.409 e. The van der Waals surface area contributed by atoms with Crippen molar-refractivity contribution in [2.24, 2.45) is 11.8 Å². The van der Waals surface area contributed by atoms with Gasteiger partial charge in [0.2, 0.25) is 59.1 Å². The van der Waals surface area contributed by atoms with Crippen LogP contribution in [0.3, 0.4) is 0 Å². The highest BCUT2D eigenvalue weighted by atomic mass is 35.5. The molecule has 7 saturated heterocycles. The number of thioether (sulfide) groups is 2. The lowest BCUT2D eigenvalue weighted by molar-refractivity contribution is -0.168. The number of imide groups is 2. The standard InChI is InChI=1S/C85H110Cl2N10O24S2/c1-44-19-17-21-60(114-15)84(112)41-56(116-80(110)88-84)48(5)74-82(9,120-74)62(39-68(102)92(13)54-35-52(31-44)33-46(3)72(54)86)118-78(108)50(7)90(11)64(98)25-29-96-66(100)23-27-94-70(104)37-58(76(94)106)122-43-123-59-38-71(105)95(77(59)107)28-24-67(101)97(96)30-26-65(99)91(12)51(8)79(109)119-63-40-69(103)93(14)55-36-53(34-47(4)73(55)87)32-45(2)20-18-22-61(115-16)85(113)42-57(117-81(111)89-85)49(6)75-83(63,10)121-75/h17-22,33-36,48-51,56-63,74-75,112-113H,23-32,37-43H2,1-16H3,(H,88,110)(H,89,111)/b21-17+,22-18+,44-19+,45-20+/t48-,49-,50+,51+,56?,57?,58?,59?,60-,61-,62+,63+,74-,75-,82+,83+,84+,85+/m1/s1. The quantitative estimate of drug-likeness (QED) is 0.0681. The molecule has 38 heteroatoms. The highest BCUT2D eigenvalue weighted by Gasteiger charge is 2.67. The Kier molecular flexibility index (Phi) is 29.6. The summed E-state index contributed by atoms with van der Waals surface area (Å²) < 4.78 is 48.5. The lowest BCUT2D eigenvalue weighted by Gasteiger charge is -2.42. The molecule has 34 nitrogen and oxygen atoms in total. The molecular formula is C85H110Cl2N10O24S2. The highest BCUT2D eigenvalue weighted by Crippen LogP contribution is 2.52. The third-order valence-corrected chi connectivity index (χ3v) is 28.6. The predicted octanol–water partition coefficient (Wildman–Crippen LogP) is 6.47. The monoisotopic (exact) mass is 1790 g/mol. The number of esters is 2. The molecule has 9 heterocycles. The zero-order chi connectivity index (χ0) is 90.1. The number of hydrazine groups is 1. The van der Waals surface area contributed by atoms with Crippen molar-refractivity contribution < 1.29 is 115 Å². The molecule has 12 amide bonds. The number of aliphatic hydroxyl groups is 2. The third kappa shape index (κ3) is 20.8. The van der Waals surface area contributed by atoms with Gasteiger partial charge in [0.05, 0.1) is 70.1 Å². The van der Waals surface area contributed by atoms with Gasteiger partial charge in [-0.25, -0.2) is 19.2 Å². The van der Waals surface area contributed by atoms with Crippen LogP contribution in [0.4, 0.5) is 21.0 Å². The number of aryl methyl sites for hydroxylation is 2. The van der Waals surface area contributed by atoms with Gasteiger partial charge in [0.15, 0.2) is 11.4 Å². The van der Waals surface area contributed by atoms with Gasteiger partial charge in [-0.15, -0.1) is 23.5 Å². The molecule has 11 rings (SSSR count). The lowest BCUT2D eigenvalue weighted by atomic mass is 9.83. The molecule has 670 valence electrons. The summed E-state index contributed by atoms with van der Waals surface area (Å²) in [7, 11) is 8.30. The number of hydrogen-bond donors (Lipinski definition) is 4. The second-order valence-electron chi connectivity index (χ2n) is 33.7. The van der Waals surface area contributed by atoms with E-state index < -0.39 is 254 Å². The van der Waals surface area contributed by atoms with Crippen molar-refractivity contribution in [3.63, 3.8) is 0 Å². The van der Waals surface area contributed by atoms with Crippen molar-refractivity contribution >= 4 is 141 Å². The number of rotatable bonds is 14. The fraction of sp³-hybridized carbons (Fsp3) is 0.600. The van der Waals surface area contributed by atoms with Crippen molar-refractivity contribution in [2.75, 3.05) is 83.5 Å². The Balaban J connectivity index is 0.854. The van der Waals surface area contributed by atoms with Crippen molar-refractivity contribution in [3.8, 4) is 0 Å². The van der Waals surface area contributed by atoms with Gasteiger partial charge in [-0.3, -0.25) is 78.4 Å². The second-order valence-corrected chi connectivity index (χ2v) is 37.2. The SMILES string of the molecule is CO[C@@H]1/C=C/C=C(\C)Cc2cc(C)c(Cl)c(c2)N(C)C(=O)C[C@H](OC(=O)[C@H](C)N(C)C(=O)CCN2C(=O)CCN3C(=O)CC(SCSC4CC(=O)N(CCC(=O)N2CCC(=O)N(C)[C@@H](C)C(=O)O[C@H]2CC(=O)N(C)c5cc(cc(C)c5Cl)C/C(C)=C/C=C/[C@@H](OC)[C@@]5(O)CC(OC(=O)N5)[C@@H](C)[C@H]5O[C@@]25C)C4=O)C3=O)[C@]2(C)O[C@@H]2[C@H](C)C2C[C@@]1(O)NC(=O)O2. The van der Waals surface area contributed by atoms with Gasteiger partial charge < -0.3 is 67.7 Å². The van der Waals surface area contributed by atoms with E-state index in [4.69, 9.17) is 61.1 Å². The van der Waals surface area contributed by atoms with Crippen LogP contribution in [0.15, 0.2) is 71.9 Å². The maximum Gasteiger partial charge on any atom is 0.409 e. The Bertz CT molecular complexity index is 4400. The minimum Gasteiger partial charge on any atom is -0.457 e. The van der Waals surface area contributed by atoms with Crippen molar-refractivity contribution in [1.82, 2.24) is 40.3 Å². The molecule has 0 aromatic heterocycles. The Morgan fingerprint density at radius 3 is 1.29 bits per heavy atom. The Labute approximate surface area is 732 Å². The molecule has 0 aliphatic carbocycles. The normalized spacial score (nSPS) is 32.7. The maximum absolute atomic E-state index is 15.2.